The molecule has 2 aromatic carbocycles. The molecule has 1 aliphatic rings. The summed E-state index contributed by atoms with van der Waals surface area (Å²) in [4.78, 5) is 13.3. The van der Waals surface area contributed by atoms with Gasteiger partial charge in [-0.3, -0.25) is 5.32 Å². The van der Waals surface area contributed by atoms with Gasteiger partial charge in [-0.2, -0.15) is 0 Å². The number of sulfonamides is 1. The second-order valence-corrected chi connectivity index (χ2v) is 11.4. The monoisotopic (exact) mass is 520 g/mol. The maximum Gasteiger partial charge on any atom is 0.404 e. The first kappa shape index (κ1) is 27.7. The fourth-order valence-electron chi connectivity index (χ4n) is 4.03. The van der Waals surface area contributed by atoms with Crippen LogP contribution in [0.1, 0.15) is 33.3 Å². The number of anilines is 1. The van der Waals surface area contributed by atoms with Crippen molar-refractivity contribution in [2.75, 3.05) is 18.0 Å². The first-order valence-corrected chi connectivity index (χ1v) is 13.5. The fraction of sp³-hybridized carbons (Fsp3) is 0.480. The zero-order valence-corrected chi connectivity index (χ0v) is 21.8. The van der Waals surface area contributed by atoms with Gasteiger partial charge in [-0.1, -0.05) is 44.2 Å². The Balaban J connectivity index is 1.73. The minimum atomic E-state index is -4.00. The highest BCUT2D eigenvalue weighted by Crippen LogP contribution is 2.38. The molecule has 0 saturated carbocycles. The van der Waals surface area contributed by atoms with Crippen molar-refractivity contribution in [2.24, 2.45) is 5.92 Å². The molecule has 11 heteroatoms. The number of nitrogens with one attached hydrogen (secondary N) is 3. The highest BCUT2D eigenvalue weighted by molar-refractivity contribution is 7.89. The van der Waals surface area contributed by atoms with Crippen LogP contribution in [0.2, 0.25) is 0 Å². The number of fused-ring (bicyclic) bond motifs is 1. The van der Waals surface area contributed by atoms with Crippen LogP contribution in [0.5, 0.6) is 5.75 Å². The van der Waals surface area contributed by atoms with Crippen molar-refractivity contribution in [3.8, 4) is 5.75 Å². The molecular weight excluding hydrogens is 484 g/mol. The molecule has 1 heterocycles. The van der Waals surface area contributed by atoms with Crippen LogP contribution in [0.15, 0.2) is 53.4 Å². The third-order valence-electron chi connectivity index (χ3n) is 5.66. The first-order valence-electron chi connectivity index (χ1n) is 12.0. The summed E-state index contributed by atoms with van der Waals surface area (Å²) in [5, 5.41) is 25.4. The number of aliphatic hydroxyl groups excluding tert-OH is 1. The van der Waals surface area contributed by atoms with E-state index in [0.717, 1.165) is 17.8 Å². The van der Waals surface area contributed by atoms with E-state index in [1.54, 1.807) is 6.07 Å². The van der Waals surface area contributed by atoms with Gasteiger partial charge in [0.1, 0.15) is 5.75 Å². The van der Waals surface area contributed by atoms with Crippen molar-refractivity contribution in [3.63, 3.8) is 0 Å². The smallest absolute Gasteiger partial charge is 0.404 e. The summed E-state index contributed by atoms with van der Waals surface area (Å²) < 4.78 is 34.5. The van der Waals surface area contributed by atoms with Crippen molar-refractivity contribution in [2.45, 2.75) is 63.6 Å². The molecule has 0 saturated heterocycles. The van der Waals surface area contributed by atoms with Gasteiger partial charge in [-0.15, -0.1) is 0 Å². The van der Waals surface area contributed by atoms with Crippen LogP contribution in [0.3, 0.4) is 0 Å². The molecule has 0 aromatic heterocycles. The molecule has 1 aliphatic heterocycles. The number of ether oxygens (including phenoxy) is 1. The predicted molar refractivity (Wildman–Crippen MR) is 138 cm³/mol. The molecule has 0 bridgehead atoms. The van der Waals surface area contributed by atoms with E-state index < -0.39 is 34.6 Å². The molecule has 2 aromatic rings. The Labute approximate surface area is 212 Å². The van der Waals surface area contributed by atoms with Crippen molar-refractivity contribution < 1.29 is 28.2 Å². The lowest BCUT2D eigenvalue weighted by Crippen LogP contribution is -2.50. The Kier molecular flexibility index (Phi) is 9.18. The van der Waals surface area contributed by atoms with Gasteiger partial charge in [-0.25, -0.2) is 17.9 Å². The van der Waals surface area contributed by atoms with Crippen molar-refractivity contribution in [1.29, 1.82) is 0 Å². The minimum absolute atomic E-state index is 0.00560. The van der Waals surface area contributed by atoms with Crippen LogP contribution in [0.4, 0.5) is 10.5 Å². The Morgan fingerprint density at radius 1 is 1.11 bits per heavy atom. The van der Waals surface area contributed by atoms with Crippen LogP contribution in [0, 0.1) is 5.92 Å². The van der Waals surface area contributed by atoms with Gasteiger partial charge in [0.05, 0.1) is 22.7 Å². The summed E-state index contributed by atoms with van der Waals surface area (Å²) in [6, 6.07) is 13.0. The zero-order valence-electron chi connectivity index (χ0n) is 21.0. The SMILES string of the molecule is CC(C)CN1c2ccc(S(=O)(=O)NC[C@H](O)[C@H](Cc3ccccc3)NC(=O)O)cc2OC1NC(C)C. The number of amides is 1. The van der Waals surface area contributed by atoms with Crippen LogP contribution in [0.25, 0.3) is 0 Å². The highest BCUT2D eigenvalue weighted by Gasteiger charge is 2.33. The van der Waals surface area contributed by atoms with E-state index in [2.05, 4.69) is 34.1 Å². The number of carbonyl (C=O) groups is 1. The number of benzene rings is 2. The van der Waals surface area contributed by atoms with E-state index in [1.807, 2.05) is 44.2 Å². The van der Waals surface area contributed by atoms with Crippen LogP contribution >= 0.6 is 0 Å². The Morgan fingerprint density at radius 2 is 1.81 bits per heavy atom. The molecule has 0 radical (unpaired) electrons. The standard InChI is InChI=1S/C25H36N4O6S/c1-16(2)15-29-21-11-10-19(13-23(21)35-24(29)27-17(3)4)36(33,34)26-14-22(30)20(28-25(31)32)12-18-8-6-5-7-9-18/h5-11,13,16-17,20,22,24,26-28,30H,12,14-15H2,1-4H3,(H,31,32)/t20-,22-,24?/m0/s1. The zero-order chi connectivity index (χ0) is 26.5. The summed E-state index contributed by atoms with van der Waals surface area (Å²) in [6.07, 6.45) is -2.79. The van der Waals surface area contributed by atoms with E-state index in [0.29, 0.717) is 11.7 Å². The minimum Gasteiger partial charge on any atom is -0.465 e. The lowest BCUT2D eigenvalue weighted by atomic mass is 10.0. The summed E-state index contributed by atoms with van der Waals surface area (Å²) >= 11 is 0. The van der Waals surface area contributed by atoms with Crippen molar-refractivity contribution in [3.05, 3.63) is 54.1 Å². The molecule has 3 atom stereocenters. The number of rotatable bonds is 12. The average Bonchev–Trinajstić information content (AvgIpc) is 3.12. The maximum atomic E-state index is 13.0. The molecule has 36 heavy (non-hydrogen) atoms. The van der Waals surface area contributed by atoms with Crippen molar-refractivity contribution >= 4 is 21.8 Å². The van der Waals surface area contributed by atoms with E-state index in [1.165, 1.54) is 12.1 Å². The molecule has 0 aliphatic carbocycles. The molecule has 0 spiro atoms. The highest BCUT2D eigenvalue weighted by atomic mass is 32.2. The van der Waals surface area contributed by atoms with Crippen molar-refractivity contribution in [1.82, 2.24) is 15.4 Å². The third kappa shape index (κ3) is 7.33. The fourth-order valence-corrected chi connectivity index (χ4v) is 5.10. The predicted octanol–water partition coefficient (Wildman–Crippen LogP) is 2.34. The largest absolute Gasteiger partial charge is 0.465 e. The maximum absolute atomic E-state index is 13.0. The molecule has 1 unspecified atom stereocenters. The molecule has 0 fully saturated rings. The third-order valence-corrected chi connectivity index (χ3v) is 7.09. The summed E-state index contributed by atoms with van der Waals surface area (Å²) in [7, 11) is -4.00. The van der Waals surface area contributed by atoms with E-state index in [9.17, 15) is 23.4 Å². The van der Waals surface area contributed by atoms with Gasteiger partial charge in [0, 0.05) is 25.2 Å². The Morgan fingerprint density at radius 3 is 2.42 bits per heavy atom. The van der Waals surface area contributed by atoms with Gasteiger partial charge in [0.25, 0.3) is 0 Å². The number of hydrogen-bond donors (Lipinski definition) is 5. The summed E-state index contributed by atoms with van der Waals surface area (Å²) in [6.45, 7) is 8.58. The quantitative estimate of drug-likeness (QED) is 0.287. The second-order valence-electron chi connectivity index (χ2n) is 9.63. The topological polar surface area (TPSA) is 140 Å². The first-order chi connectivity index (χ1) is 17.0. The molecule has 3 rings (SSSR count). The Hall–Kier alpha value is -2.86. The molecule has 198 valence electrons. The van der Waals surface area contributed by atoms with Crippen LogP contribution in [-0.4, -0.2) is 62.4 Å². The lowest BCUT2D eigenvalue weighted by Gasteiger charge is -2.28. The Bertz CT molecular complexity index is 1130. The molecule has 1 amide bonds. The summed E-state index contributed by atoms with van der Waals surface area (Å²) in [5.41, 5.74) is 1.61. The normalized spacial score (nSPS) is 17.1. The van der Waals surface area contributed by atoms with E-state index in [4.69, 9.17) is 4.74 Å². The molecule has 5 N–H and O–H groups in total. The number of carboxylic acid groups (broad SMARTS) is 1. The number of aliphatic hydroxyl groups is 1. The second kappa shape index (κ2) is 11.9. The van der Waals surface area contributed by atoms with Gasteiger partial charge in [0.15, 0.2) is 0 Å². The van der Waals surface area contributed by atoms with E-state index in [-0.39, 0.29) is 23.9 Å². The van der Waals surface area contributed by atoms with E-state index >= 15 is 0 Å². The average molecular weight is 521 g/mol. The van der Waals surface area contributed by atoms with Gasteiger partial charge < -0.3 is 25.2 Å². The van der Waals surface area contributed by atoms with Crippen LogP contribution < -0.4 is 25.0 Å². The van der Waals surface area contributed by atoms with Crippen LogP contribution in [-0.2, 0) is 16.4 Å². The number of hydrogen-bond acceptors (Lipinski definition) is 7. The molecular formula is C25H36N4O6S. The summed E-state index contributed by atoms with van der Waals surface area (Å²) in [5.74, 6) is 0.817. The van der Waals surface area contributed by atoms with Gasteiger partial charge >= 0.3 is 6.09 Å². The number of nitrogens with zero attached hydrogens (tertiary/aromatic N) is 1. The van der Waals surface area contributed by atoms with Gasteiger partial charge in [0.2, 0.25) is 16.4 Å². The lowest BCUT2D eigenvalue weighted by molar-refractivity contribution is 0.122. The molecule has 10 nitrogen and oxygen atoms in total. The van der Waals surface area contributed by atoms with Gasteiger partial charge in [-0.05, 0) is 43.9 Å².